The first-order valence-electron chi connectivity index (χ1n) is 4.56. The number of rotatable bonds is 2. The molecule has 2 rings (SSSR count). The third-order valence-electron chi connectivity index (χ3n) is 2.18. The number of carbonyl (C=O) groups excluding carboxylic acids is 1. The van der Waals surface area contributed by atoms with Crippen molar-refractivity contribution >= 4 is 29.5 Å². The summed E-state index contributed by atoms with van der Waals surface area (Å²) in [7, 11) is 1.76. The maximum absolute atomic E-state index is 10.9. The van der Waals surface area contributed by atoms with Crippen LogP contribution in [-0.2, 0) is 7.05 Å². The third kappa shape index (κ3) is 1.96. The lowest BCUT2D eigenvalue weighted by atomic mass is 10.1. The van der Waals surface area contributed by atoms with Gasteiger partial charge in [-0.05, 0) is 12.1 Å². The predicted octanol–water partition coefficient (Wildman–Crippen LogP) is 3.21. The summed E-state index contributed by atoms with van der Waals surface area (Å²) in [5.74, 6) is 0. The molecule has 0 aliphatic rings. The molecular formula is C11H8Cl2N2O. The Morgan fingerprint density at radius 3 is 2.69 bits per heavy atom. The molecule has 0 unspecified atom stereocenters. The molecule has 2 aromatic rings. The first kappa shape index (κ1) is 11.2. The highest BCUT2D eigenvalue weighted by Crippen LogP contribution is 2.28. The van der Waals surface area contributed by atoms with Crippen LogP contribution in [0.25, 0.3) is 11.3 Å². The third-order valence-corrected chi connectivity index (χ3v) is 2.92. The van der Waals surface area contributed by atoms with E-state index in [0.717, 1.165) is 11.8 Å². The first-order valence-corrected chi connectivity index (χ1v) is 5.31. The van der Waals surface area contributed by atoms with E-state index in [4.69, 9.17) is 23.2 Å². The average molecular weight is 255 g/mol. The fraction of sp³-hybridized carbons (Fsp3) is 0.0909. The van der Waals surface area contributed by atoms with E-state index in [0.29, 0.717) is 21.3 Å². The predicted molar refractivity (Wildman–Crippen MR) is 64.1 cm³/mol. The van der Waals surface area contributed by atoms with Gasteiger partial charge in [0, 0.05) is 18.8 Å². The molecule has 0 saturated carbocycles. The molecule has 0 N–H and O–H groups in total. The molecule has 16 heavy (non-hydrogen) atoms. The van der Waals surface area contributed by atoms with Gasteiger partial charge in [0.15, 0.2) is 6.29 Å². The minimum Gasteiger partial charge on any atom is -0.298 e. The van der Waals surface area contributed by atoms with Gasteiger partial charge in [0.2, 0.25) is 0 Å². The minimum atomic E-state index is 0.446. The van der Waals surface area contributed by atoms with Gasteiger partial charge in [-0.3, -0.25) is 9.48 Å². The average Bonchev–Trinajstić information content (AvgIpc) is 2.63. The molecule has 0 bridgehead atoms. The highest BCUT2D eigenvalue weighted by molar-refractivity contribution is 6.42. The molecule has 1 heterocycles. The van der Waals surface area contributed by atoms with Crippen LogP contribution >= 0.6 is 23.2 Å². The van der Waals surface area contributed by atoms with Gasteiger partial charge in [-0.15, -0.1) is 0 Å². The number of nitrogens with zero attached hydrogens (tertiary/aromatic N) is 2. The molecular weight excluding hydrogens is 247 g/mol. The summed E-state index contributed by atoms with van der Waals surface area (Å²) in [5, 5.41) is 5.13. The van der Waals surface area contributed by atoms with E-state index in [-0.39, 0.29) is 0 Å². The first-order chi connectivity index (χ1) is 7.61. The summed E-state index contributed by atoms with van der Waals surface area (Å²) < 4.78 is 1.58. The molecule has 0 fully saturated rings. The SMILES string of the molecule is Cn1cc(C=O)c(-c2ccc(Cl)c(Cl)c2)n1. The van der Waals surface area contributed by atoms with E-state index in [1.54, 1.807) is 36.1 Å². The highest BCUT2D eigenvalue weighted by atomic mass is 35.5. The number of benzene rings is 1. The van der Waals surface area contributed by atoms with Crippen molar-refractivity contribution in [3.63, 3.8) is 0 Å². The number of hydrogen-bond acceptors (Lipinski definition) is 2. The van der Waals surface area contributed by atoms with E-state index in [1.165, 1.54) is 0 Å². The lowest BCUT2D eigenvalue weighted by Crippen LogP contribution is -1.88. The normalized spacial score (nSPS) is 10.4. The van der Waals surface area contributed by atoms with Gasteiger partial charge >= 0.3 is 0 Å². The molecule has 82 valence electrons. The van der Waals surface area contributed by atoms with E-state index in [9.17, 15) is 4.79 Å². The summed E-state index contributed by atoms with van der Waals surface area (Å²) in [5.41, 5.74) is 1.91. The Kier molecular flexibility index (Phi) is 2.99. The smallest absolute Gasteiger partial charge is 0.153 e. The van der Waals surface area contributed by atoms with Crippen LogP contribution in [0.4, 0.5) is 0 Å². The van der Waals surface area contributed by atoms with Crippen molar-refractivity contribution in [2.45, 2.75) is 0 Å². The highest BCUT2D eigenvalue weighted by Gasteiger charge is 2.10. The lowest BCUT2D eigenvalue weighted by molar-refractivity contribution is 0.112. The van der Waals surface area contributed by atoms with Gasteiger partial charge in [0.25, 0.3) is 0 Å². The number of carbonyl (C=O) groups is 1. The molecule has 0 amide bonds. The van der Waals surface area contributed by atoms with Gasteiger partial charge < -0.3 is 0 Å². The van der Waals surface area contributed by atoms with Crippen LogP contribution in [0, 0.1) is 0 Å². The second-order valence-electron chi connectivity index (χ2n) is 3.35. The molecule has 1 aromatic heterocycles. The van der Waals surface area contributed by atoms with E-state index in [2.05, 4.69) is 5.10 Å². The van der Waals surface area contributed by atoms with Gasteiger partial charge in [0.05, 0.1) is 15.6 Å². The van der Waals surface area contributed by atoms with Crippen LogP contribution < -0.4 is 0 Å². The van der Waals surface area contributed by atoms with E-state index in [1.807, 2.05) is 0 Å². The Hall–Kier alpha value is -1.32. The van der Waals surface area contributed by atoms with Crippen molar-refractivity contribution in [2.75, 3.05) is 0 Å². The van der Waals surface area contributed by atoms with Gasteiger partial charge in [-0.2, -0.15) is 5.10 Å². The standard InChI is InChI=1S/C11H8Cl2N2O/c1-15-5-8(6-16)11(14-15)7-2-3-9(12)10(13)4-7/h2-6H,1H3. The summed E-state index contributed by atoms with van der Waals surface area (Å²) in [6.45, 7) is 0. The van der Waals surface area contributed by atoms with Gasteiger partial charge in [0.1, 0.15) is 5.69 Å². The van der Waals surface area contributed by atoms with Crippen molar-refractivity contribution in [3.8, 4) is 11.3 Å². The molecule has 0 aliphatic heterocycles. The number of hydrogen-bond donors (Lipinski definition) is 0. The monoisotopic (exact) mass is 254 g/mol. The second kappa shape index (κ2) is 4.28. The largest absolute Gasteiger partial charge is 0.298 e. The number of aldehydes is 1. The van der Waals surface area contributed by atoms with Crippen LogP contribution in [0.5, 0.6) is 0 Å². The van der Waals surface area contributed by atoms with Crippen molar-refractivity contribution in [3.05, 3.63) is 40.0 Å². The summed E-state index contributed by atoms with van der Waals surface area (Å²) in [4.78, 5) is 10.9. The lowest BCUT2D eigenvalue weighted by Gasteiger charge is -2.00. The quantitative estimate of drug-likeness (QED) is 0.772. The van der Waals surface area contributed by atoms with Crippen molar-refractivity contribution in [1.82, 2.24) is 9.78 Å². The van der Waals surface area contributed by atoms with E-state index < -0.39 is 0 Å². The molecule has 0 spiro atoms. The number of halogens is 2. The minimum absolute atomic E-state index is 0.446. The fourth-order valence-electron chi connectivity index (χ4n) is 1.46. The Labute approximate surface area is 103 Å². The molecule has 0 radical (unpaired) electrons. The Morgan fingerprint density at radius 1 is 1.31 bits per heavy atom. The Morgan fingerprint density at radius 2 is 2.06 bits per heavy atom. The molecule has 0 atom stereocenters. The zero-order valence-corrected chi connectivity index (χ0v) is 9.96. The van der Waals surface area contributed by atoms with Gasteiger partial charge in [-0.1, -0.05) is 29.3 Å². The zero-order valence-electron chi connectivity index (χ0n) is 8.45. The Bertz CT molecular complexity index is 549. The van der Waals surface area contributed by atoms with Crippen molar-refractivity contribution < 1.29 is 4.79 Å². The summed E-state index contributed by atoms with van der Waals surface area (Å²) in [6, 6.07) is 5.16. The maximum atomic E-state index is 10.9. The van der Waals surface area contributed by atoms with Crippen molar-refractivity contribution in [2.24, 2.45) is 7.05 Å². The number of aromatic nitrogens is 2. The molecule has 0 aliphatic carbocycles. The second-order valence-corrected chi connectivity index (χ2v) is 4.17. The summed E-state index contributed by atoms with van der Waals surface area (Å²) in [6.07, 6.45) is 2.43. The Balaban J connectivity index is 2.57. The van der Waals surface area contributed by atoms with Gasteiger partial charge in [-0.25, -0.2) is 0 Å². The van der Waals surface area contributed by atoms with Crippen molar-refractivity contribution in [1.29, 1.82) is 0 Å². The maximum Gasteiger partial charge on any atom is 0.153 e. The zero-order chi connectivity index (χ0) is 11.7. The van der Waals surface area contributed by atoms with E-state index >= 15 is 0 Å². The number of aryl methyl sites for hydroxylation is 1. The molecule has 3 nitrogen and oxygen atoms in total. The molecule has 0 saturated heterocycles. The molecule has 5 heteroatoms. The van der Waals surface area contributed by atoms with Crippen LogP contribution in [-0.4, -0.2) is 16.1 Å². The summed E-state index contributed by atoms with van der Waals surface area (Å²) >= 11 is 11.7. The van der Waals surface area contributed by atoms with Crippen LogP contribution in [0.1, 0.15) is 10.4 Å². The molecule has 1 aromatic carbocycles. The van der Waals surface area contributed by atoms with Crippen LogP contribution in [0.3, 0.4) is 0 Å². The fourth-order valence-corrected chi connectivity index (χ4v) is 1.76. The van der Waals surface area contributed by atoms with Crippen LogP contribution in [0.15, 0.2) is 24.4 Å². The topological polar surface area (TPSA) is 34.9 Å². The van der Waals surface area contributed by atoms with Crippen LogP contribution in [0.2, 0.25) is 10.0 Å².